The zero-order valence-electron chi connectivity index (χ0n) is 13.4. The zero-order valence-corrected chi connectivity index (χ0v) is 13.4. The largest absolute Gasteiger partial charge is 0.508 e. The molecule has 1 fully saturated rings. The highest BCUT2D eigenvalue weighted by molar-refractivity contribution is 6.32. The third kappa shape index (κ3) is 1.46. The molecule has 0 saturated carbocycles. The first-order chi connectivity index (χ1) is 12.3. The number of hydrogen-bond acceptors (Lipinski definition) is 6. The number of aromatic hydroxyl groups is 1. The van der Waals surface area contributed by atoms with E-state index in [-0.39, 0.29) is 39.2 Å². The number of fused-ring (bicyclic) bond motifs is 3. The second-order valence-electron chi connectivity index (χ2n) is 6.96. The SMILES string of the molecule is C[C@@]12O[C@@H]1[C@@H](O)C1=C(C2=O)C([NH+]=[N-])C2=C1C(=O)c1cccc(O)c1C2=O. The van der Waals surface area contributed by atoms with Crippen LogP contribution in [-0.2, 0) is 9.53 Å². The van der Waals surface area contributed by atoms with E-state index < -0.39 is 41.2 Å². The minimum absolute atomic E-state index is 0.0103. The summed E-state index contributed by atoms with van der Waals surface area (Å²) >= 11 is 0. The van der Waals surface area contributed by atoms with Crippen LogP contribution in [0.15, 0.2) is 40.5 Å². The molecular weight excluding hydrogens is 340 g/mol. The van der Waals surface area contributed by atoms with Gasteiger partial charge in [0, 0.05) is 16.7 Å². The number of phenolic OH excluding ortho intramolecular Hbond substituents is 1. The summed E-state index contributed by atoms with van der Waals surface area (Å²) < 4.78 is 5.34. The van der Waals surface area contributed by atoms with Crippen LogP contribution in [0.3, 0.4) is 0 Å². The molecule has 130 valence electrons. The molecule has 0 spiro atoms. The monoisotopic (exact) mass is 352 g/mol. The Bertz CT molecular complexity index is 1050. The fourth-order valence-corrected chi connectivity index (χ4v) is 4.34. The second kappa shape index (κ2) is 4.40. The molecule has 1 saturated heterocycles. The number of aliphatic hydroxyl groups is 1. The summed E-state index contributed by atoms with van der Waals surface area (Å²) in [5.74, 6) is -2.11. The standard InChI is InChI=1S/C18H12N2O6/c1-18-16(25)11-9(15(24)17(18)26-18)8-10(12(11)20-19)14(23)7-5(13(8)22)3-2-4-6(7)21/h2-4,12,15,17,20-21,24H,1H3/t12?,15-,17+,18-/m0/s1. The van der Waals surface area contributed by atoms with Crippen molar-refractivity contribution in [3.05, 3.63) is 57.1 Å². The van der Waals surface area contributed by atoms with E-state index in [1.54, 1.807) is 0 Å². The lowest BCUT2D eigenvalue weighted by Gasteiger charge is -2.22. The van der Waals surface area contributed by atoms with Crippen LogP contribution in [0.5, 0.6) is 5.75 Å². The van der Waals surface area contributed by atoms with Gasteiger partial charge in [0.05, 0.1) is 16.7 Å². The van der Waals surface area contributed by atoms with Crippen LogP contribution in [0.25, 0.3) is 5.53 Å². The van der Waals surface area contributed by atoms with E-state index in [1.807, 2.05) is 5.11 Å². The summed E-state index contributed by atoms with van der Waals surface area (Å²) in [4.78, 5) is 38.9. The lowest BCUT2D eigenvalue weighted by atomic mass is 9.78. The van der Waals surface area contributed by atoms with Crippen molar-refractivity contribution in [2.75, 3.05) is 0 Å². The molecule has 26 heavy (non-hydrogen) atoms. The van der Waals surface area contributed by atoms with Crippen molar-refractivity contribution in [3.63, 3.8) is 0 Å². The van der Waals surface area contributed by atoms with Gasteiger partial charge in [0.15, 0.2) is 17.4 Å². The molecule has 5 rings (SSSR count). The number of nitrogens with zero attached hydrogens (tertiary/aromatic N) is 1. The Morgan fingerprint density at radius 2 is 1.88 bits per heavy atom. The Morgan fingerprint density at radius 3 is 2.58 bits per heavy atom. The number of hydrogen-bond donors (Lipinski definition) is 3. The van der Waals surface area contributed by atoms with Crippen molar-refractivity contribution < 1.29 is 34.4 Å². The number of rotatable bonds is 1. The summed E-state index contributed by atoms with van der Waals surface area (Å²) in [6.45, 7) is 1.52. The maximum Gasteiger partial charge on any atom is 0.201 e. The molecule has 3 aliphatic carbocycles. The number of aliphatic hydroxyl groups excluding tert-OH is 1. The topological polar surface area (TPSA) is 140 Å². The molecule has 8 heteroatoms. The molecule has 1 aromatic carbocycles. The molecule has 1 aromatic rings. The van der Waals surface area contributed by atoms with Gasteiger partial charge in [-0.3, -0.25) is 14.4 Å². The molecule has 0 radical (unpaired) electrons. The summed E-state index contributed by atoms with van der Waals surface area (Å²) in [6, 6.07) is 2.84. The lowest BCUT2D eigenvalue weighted by Crippen LogP contribution is -2.74. The molecule has 8 nitrogen and oxygen atoms in total. The van der Waals surface area contributed by atoms with Crippen LogP contribution < -0.4 is 5.11 Å². The molecule has 4 atom stereocenters. The van der Waals surface area contributed by atoms with Crippen LogP contribution in [0.1, 0.15) is 27.6 Å². The fourth-order valence-electron chi connectivity index (χ4n) is 4.34. The predicted molar refractivity (Wildman–Crippen MR) is 83.2 cm³/mol. The first kappa shape index (κ1) is 15.3. The third-order valence-electron chi connectivity index (χ3n) is 5.66. The highest BCUT2D eigenvalue weighted by Gasteiger charge is 2.70. The Hall–Kier alpha value is -2.97. The van der Waals surface area contributed by atoms with E-state index in [2.05, 4.69) is 0 Å². The van der Waals surface area contributed by atoms with Crippen molar-refractivity contribution >= 4 is 17.3 Å². The third-order valence-corrected chi connectivity index (χ3v) is 5.66. The highest BCUT2D eigenvalue weighted by Crippen LogP contribution is 2.54. The molecule has 0 bridgehead atoms. The normalized spacial score (nSPS) is 34.4. The molecule has 4 aliphatic rings. The van der Waals surface area contributed by atoms with Gasteiger partial charge < -0.3 is 25.6 Å². The van der Waals surface area contributed by atoms with Gasteiger partial charge in [0.25, 0.3) is 0 Å². The molecule has 3 N–H and O–H groups in total. The van der Waals surface area contributed by atoms with Gasteiger partial charge in [-0.25, -0.2) is 0 Å². The summed E-state index contributed by atoms with van der Waals surface area (Å²) in [5, 5.41) is 22.6. The average Bonchev–Trinajstić information content (AvgIpc) is 3.20. The van der Waals surface area contributed by atoms with Crippen molar-refractivity contribution in [3.8, 4) is 5.75 Å². The molecule has 0 amide bonds. The van der Waals surface area contributed by atoms with Crippen molar-refractivity contribution in [1.29, 1.82) is 0 Å². The van der Waals surface area contributed by atoms with E-state index >= 15 is 0 Å². The van der Waals surface area contributed by atoms with Crippen molar-refractivity contribution in [2.24, 2.45) is 0 Å². The van der Waals surface area contributed by atoms with E-state index in [0.29, 0.717) is 0 Å². The number of benzene rings is 1. The molecule has 1 aliphatic heterocycles. The molecule has 0 aromatic heterocycles. The maximum atomic E-state index is 13.0. The van der Waals surface area contributed by atoms with E-state index in [0.717, 1.165) is 0 Å². The fraction of sp³-hybridized carbons (Fsp3) is 0.278. The van der Waals surface area contributed by atoms with Gasteiger partial charge in [-0.05, 0) is 13.0 Å². The van der Waals surface area contributed by atoms with Crippen LogP contribution in [0, 0.1) is 0 Å². The number of phenols is 1. The van der Waals surface area contributed by atoms with Gasteiger partial charge in [-0.2, -0.15) is 0 Å². The van der Waals surface area contributed by atoms with Crippen LogP contribution >= 0.6 is 0 Å². The Balaban J connectivity index is 1.80. The first-order valence-electron chi connectivity index (χ1n) is 8.03. The summed E-state index contributed by atoms with van der Waals surface area (Å²) in [5.41, 5.74) is 7.94. The predicted octanol–water partition coefficient (Wildman–Crippen LogP) is -1.05. The minimum atomic E-state index is -1.27. The number of epoxide rings is 1. The van der Waals surface area contributed by atoms with E-state index in [4.69, 9.17) is 4.74 Å². The number of ether oxygens (including phenoxy) is 1. The van der Waals surface area contributed by atoms with Crippen molar-refractivity contribution in [1.82, 2.24) is 0 Å². The number of carbonyl (C=O) groups excluding carboxylic acids is 3. The quantitative estimate of drug-likeness (QED) is 0.435. The average molecular weight is 352 g/mol. The maximum absolute atomic E-state index is 13.0. The second-order valence-corrected chi connectivity index (χ2v) is 6.96. The number of Topliss-reactive ketones (excluding diaryl/α,β-unsaturated/α-hetero) is 3. The van der Waals surface area contributed by atoms with E-state index in [1.165, 1.54) is 25.1 Å². The number of carbonyl (C=O) groups is 3. The highest BCUT2D eigenvalue weighted by atomic mass is 16.6. The minimum Gasteiger partial charge on any atom is -0.508 e. The smallest absolute Gasteiger partial charge is 0.201 e. The first-order valence-corrected chi connectivity index (χ1v) is 8.03. The number of nitrogens with one attached hydrogen (secondary N) is 1. The lowest BCUT2D eigenvalue weighted by molar-refractivity contribution is -0.501. The van der Waals surface area contributed by atoms with Crippen molar-refractivity contribution in [2.45, 2.75) is 30.8 Å². The number of ketones is 3. The zero-order chi connectivity index (χ0) is 18.5. The van der Waals surface area contributed by atoms with Gasteiger partial charge in [-0.1, -0.05) is 12.1 Å². The van der Waals surface area contributed by atoms with Gasteiger partial charge in [0.1, 0.15) is 18.0 Å². The van der Waals surface area contributed by atoms with Gasteiger partial charge in [0.2, 0.25) is 11.6 Å². The van der Waals surface area contributed by atoms with Crippen LogP contribution in [-0.4, -0.2) is 51.4 Å². The van der Waals surface area contributed by atoms with Crippen LogP contribution in [0.2, 0.25) is 0 Å². The van der Waals surface area contributed by atoms with E-state index in [9.17, 15) is 30.1 Å². The molecule has 1 unspecified atom stereocenters. The Morgan fingerprint density at radius 1 is 1.15 bits per heavy atom. The summed E-state index contributed by atoms with van der Waals surface area (Å²) in [7, 11) is 0. The molecular formula is C18H12N2O6. The Kier molecular flexibility index (Phi) is 2.59. The van der Waals surface area contributed by atoms with Crippen LogP contribution in [0.4, 0.5) is 0 Å². The Labute approximate surface area is 146 Å². The molecule has 1 heterocycles. The summed E-state index contributed by atoms with van der Waals surface area (Å²) in [6.07, 6.45) is -2.07. The van der Waals surface area contributed by atoms with Gasteiger partial charge >= 0.3 is 0 Å². The van der Waals surface area contributed by atoms with Gasteiger partial charge in [-0.15, -0.1) is 0 Å².